The van der Waals surface area contributed by atoms with Gasteiger partial charge in [0.2, 0.25) is 0 Å². The van der Waals surface area contributed by atoms with Crippen molar-refractivity contribution in [3.63, 3.8) is 0 Å². The summed E-state index contributed by atoms with van der Waals surface area (Å²) in [5, 5.41) is 10.8. The first-order valence-electron chi connectivity index (χ1n) is 9.16. The summed E-state index contributed by atoms with van der Waals surface area (Å²) in [5.74, 6) is -1.57. The van der Waals surface area contributed by atoms with Crippen molar-refractivity contribution < 1.29 is 24.0 Å². The number of nitrogens with zero attached hydrogens (tertiary/aromatic N) is 1. The Bertz CT molecular complexity index is 980. The van der Waals surface area contributed by atoms with Gasteiger partial charge in [0.1, 0.15) is 11.5 Å². The van der Waals surface area contributed by atoms with E-state index in [0.717, 1.165) is 0 Å². The Hall–Kier alpha value is -3.35. The molecule has 0 aromatic heterocycles. The van der Waals surface area contributed by atoms with Gasteiger partial charge in [-0.1, -0.05) is 30.3 Å². The molecule has 0 N–H and O–H groups in total. The zero-order valence-electron chi connectivity index (χ0n) is 16.4. The van der Waals surface area contributed by atoms with Crippen LogP contribution in [0, 0.1) is 20.9 Å². The van der Waals surface area contributed by atoms with Crippen molar-refractivity contribution >= 4 is 23.2 Å². The van der Waals surface area contributed by atoms with Crippen LogP contribution in [-0.4, -0.2) is 22.5 Å². The average molecular weight is 395 g/mol. The SMILES string of the molecule is CC1(C)C(=O)[C@](C)(CC(=O)c2ccc([N+](=O)[O-])cc2)C(=O)O[C@@H]1c1ccccc1. The molecule has 1 fully saturated rings. The van der Waals surface area contributed by atoms with Gasteiger partial charge in [0, 0.05) is 24.1 Å². The van der Waals surface area contributed by atoms with Crippen LogP contribution >= 0.6 is 0 Å². The number of cyclic esters (lactones) is 1. The van der Waals surface area contributed by atoms with E-state index in [1.54, 1.807) is 38.1 Å². The molecule has 1 aliphatic rings. The first kappa shape index (κ1) is 20.4. The average Bonchev–Trinajstić information content (AvgIpc) is 2.70. The predicted molar refractivity (Wildman–Crippen MR) is 104 cm³/mol. The summed E-state index contributed by atoms with van der Waals surface area (Å²) in [6, 6.07) is 14.1. The fraction of sp³-hybridized carbons (Fsp3) is 0.318. The molecular weight excluding hydrogens is 374 g/mol. The predicted octanol–water partition coefficient (Wildman–Crippen LogP) is 4.07. The van der Waals surface area contributed by atoms with Crippen molar-refractivity contribution in [2.75, 3.05) is 0 Å². The number of nitro groups is 1. The smallest absolute Gasteiger partial charge is 0.320 e. The number of rotatable bonds is 5. The fourth-order valence-electron chi connectivity index (χ4n) is 3.76. The fourth-order valence-corrected chi connectivity index (χ4v) is 3.76. The van der Waals surface area contributed by atoms with Gasteiger partial charge in [0.25, 0.3) is 5.69 Å². The van der Waals surface area contributed by atoms with Crippen LogP contribution in [0.15, 0.2) is 54.6 Å². The van der Waals surface area contributed by atoms with Gasteiger partial charge in [-0.05, 0) is 38.5 Å². The summed E-state index contributed by atoms with van der Waals surface area (Å²) in [5.41, 5.74) is -1.90. The lowest BCUT2D eigenvalue weighted by molar-refractivity contribution is -0.384. The Kier molecular flexibility index (Phi) is 5.09. The number of ether oxygens (including phenoxy) is 1. The van der Waals surface area contributed by atoms with E-state index in [9.17, 15) is 24.5 Å². The maximum atomic E-state index is 13.3. The maximum absolute atomic E-state index is 13.3. The number of benzene rings is 2. The molecule has 1 heterocycles. The molecule has 0 spiro atoms. The monoisotopic (exact) mass is 395 g/mol. The van der Waals surface area contributed by atoms with Crippen molar-refractivity contribution in [3.05, 3.63) is 75.8 Å². The van der Waals surface area contributed by atoms with Gasteiger partial charge < -0.3 is 4.74 Å². The van der Waals surface area contributed by atoms with E-state index < -0.39 is 33.6 Å². The second kappa shape index (κ2) is 7.24. The number of ketones is 2. The molecule has 2 atom stereocenters. The Morgan fingerprint density at radius 1 is 1.03 bits per heavy atom. The summed E-state index contributed by atoms with van der Waals surface area (Å²) in [4.78, 5) is 49.1. The number of Topliss-reactive ketones (excluding diaryl/α,β-unsaturated/α-hetero) is 2. The van der Waals surface area contributed by atoms with E-state index in [0.29, 0.717) is 5.56 Å². The van der Waals surface area contributed by atoms with E-state index in [-0.39, 0.29) is 23.5 Å². The zero-order valence-corrected chi connectivity index (χ0v) is 16.4. The second-order valence-corrected chi connectivity index (χ2v) is 7.98. The van der Waals surface area contributed by atoms with Gasteiger partial charge in [-0.3, -0.25) is 24.5 Å². The highest BCUT2D eigenvalue weighted by Crippen LogP contribution is 2.49. The molecule has 0 aliphatic carbocycles. The van der Waals surface area contributed by atoms with E-state index in [2.05, 4.69) is 0 Å². The molecule has 3 rings (SSSR count). The first-order chi connectivity index (χ1) is 13.6. The van der Waals surface area contributed by atoms with Crippen molar-refractivity contribution in [1.29, 1.82) is 0 Å². The van der Waals surface area contributed by atoms with E-state index in [4.69, 9.17) is 4.74 Å². The highest BCUT2D eigenvalue weighted by atomic mass is 16.6. The molecule has 1 aliphatic heterocycles. The molecular formula is C22H21NO6. The lowest BCUT2D eigenvalue weighted by atomic mass is 9.64. The Balaban J connectivity index is 1.87. The van der Waals surface area contributed by atoms with E-state index in [1.165, 1.54) is 31.2 Å². The Morgan fingerprint density at radius 2 is 1.62 bits per heavy atom. The number of nitro benzene ring substituents is 1. The van der Waals surface area contributed by atoms with Gasteiger partial charge in [-0.2, -0.15) is 0 Å². The number of carbonyl (C=O) groups excluding carboxylic acids is 3. The molecule has 2 aromatic carbocycles. The Labute approximate surface area is 167 Å². The summed E-state index contributed by atoms with van der Waals surface area (Å²) >= 11 is 0. The molecule has 0 unspecified atom stereocenters. The largest absolute Gasteiger partial charge is 0.456 e. The van der Waals surface area contributed by atoms with Crippen LogP contribution in [0.25, 0.3) is 0 Å². The minimum Gasteiger partial charge on any atom is -0.456 e. The van der Waals surface area contributed by atoms with Crippen LogP contribution in [0.4, 0.5) is 5.69 Å². The second-order valence-electron chi connectivity index (χ2n) is 7.98. The Morgan fingerprint density at radius 3 is 2.17 bits per heavy atom. The third kappa shape index (κ3) is 3.55. The lowest BCUT2D eigenvalue weighted by Gasteiger charge is -2.44. The standard InChI is InChI=1S/C22H21NO6/c1-21(2)18(15-7-5-4-6-8-15)29-20(26)22(3,19(21)25)13-17(24)14-9-11-16(12-10-14)23(27)28/h4-12,18H,13H2,1-3H3/t18-,22+/m1/s1. The van der Waals surface area contributed by atoms with Crippen LogP contribution in [0.1, 0.15) is 49.2 Å². The summed E-state index contributed by atoms with van der Waals surface area (Å²) in [7, 11) is 0. The van der Waals surface area contributed by atoms with Crippen molar-refractivity contribution in [2.24, 2.45) is 10.8 Å². The van der Waals surface area contributed by atoms with Crippen LogP contribution in [0.3, 0.4) is 0 Å². The number of esters is 1. The number of hydrogen-bond donors (Lipinski definition) is 0. The number of carbonyl (C=O) groups is 3. The lowest BCUT2D eigenvalue weighted by Crippen LogP contribution is -2.54. The van der Waals surface area contributed by atoms with Crippen LogP contribution in [0.2, 0.25) is 0 Å². The zero-order chi connectivity index (χ0) is 21.4. The molecule has 7 nitrogen and oxygen atoms in total. The van der Waals surface area contributed by atoms with Crippen LogP contribution < -0.4 is 0 Å². The van der Waals surface area contributed by atoms with Gasteiger partial charge in [0.15, 0.2) is 11.6 Å². The molecule has 150 valence electrons. The van der Waals surface area contributed by atoms with E-state index >= 15 is 0 Å². The molecule has 29 heavy (non-hydrogen) atoms. The highest BCUT2D eigenvalue weighted by Gasteiger charge is 2.58. The highest BCUT2D eigenvalue weighted by molar-refractivity contribution is 6.12. The molecule has 0 amide bonds. The van der Waals surface area contributed by atoms with Crippen molar-refractivity contribution in [2.45, 2.75) is 33.3 Å². The number of hydrogen-bond acceptors (Lipinski definition) is 6. The third-order valence-corrected chi connectivity index (χ3v) is 5.43. The van der Waals surface area contributed by atoms with E-state index in [1.807, 2.05) is 6.07 Å². The van der Waals surface area contributed by atoms with Gasteiger partial charge in [-0.15, -0.1) is 0 Å². The van der Waals surface area contributed by atoms with Crippen LogP contribution in [0.5, 0.6) is 0 Å². The molecule has 7 heteroatoms. The minimum atomic E-state index is -1.63. The molecule has 2 aromatic rings. The molecule has 0 radical (unpaired) electrons. The summed E-state index contributed by atoms with van der Waals surface area (Å²) < 4.78 is 5.66. The molecule has 0 bridgehead atoms. The third-order valence-electron chi connectivity index (χ3n) is 5.43. The first-order valence-corrected chi connectivity index (χ1v) is 9.16. The maximum Gasteiger partial charge on any atom is 0.320 e. The molecule has 0 saturated carbocycles. The quantitative estimate of drug-likeness (QED) is 0.249. The topological polar surface area (TPSA) is 104 Å². The normalized spacial score (nSPS) is 23.3. The van der Waals surface area contributed by atoms with Crippen molar-refractivity contribution in [1.82, 2.24) is 0 Å². The summed E-state index contributed by atoms with van der Waals surface area (Å²) in [6.45, 7) is 4.83. The summed E-state index contributed by atoms with van der Waals surface area (Å²) in [6.07, 6.45) is -1.11. The van der Waals surface area contributed by atoms with Crippen molar-refractivity contribution in [3.8, 4) is 0 Å². The molecule has 1 saturated heterocycles. The number of non-ortho nitro benzene ring substituents is 1. The van der Waals surface area contributed by atoms with Gasteiger partial charge in [-0.25, -0.2) is 0 Å². The van der Waals surface area contributed by atoms with Crippen LogP contribution in [-0.2, 0) is 14.3 Å². The minimum absolute atomic E-state index is 0.146. The van der Waals surface area contributed by atoms with Gasteiger partial charge in [0.05, 0.1) is 10.3 Å². The van der Waals surface area contributed by atoms with Gasteiger partial charge >= 0.3 is 5.97 Å².